The van der Waals surface area contributed by atoms with E-state index in [1.54, 1.807) is 0 Å². The van der Waals surface area contributed by atoms with Gasteiger partial charge in [-0.2, -0.15) is 0 Å². The summed E-state index contributed by atoms with van der Waals surface area (Å²) < 4.78 is 14.1. The van der Waals surface area contributed by atoms with Crippen molar-refractivity contribution in [1.29, 1.82) is 0 Å². The van der Waals surface area contributed by atoms with Crippen LogP contribution in [0.2, 0.25) is 0 Å². The second-order valence-electron chi connectivity index (χ2n) is 7.62. The summed E-state index contributed by atoms with van der Waals surface area (Å²) in [5, 5.41) is 1.22. The van der Waals surface area contributed by atoms with Crippen molar-refractivity contribution in [3.63, 3.8) is 0 Å². The topological polar surface area (TPSA) is 23.4 Å². The van der Waals surface area contributed by atoms with Gasteiger partial charge in [-0.15, -0.1) is 0 Å². The van der Waals surface area contributed by atoms with Gasteiger partial charge in [0.15, 0.2) is 0 Å². The number of nitrogens with zero attached hydrogens (tertiary/aromatic N) is 1. The van der Waals surface area contributed by atoms with Crippen LogP contribution in [0.4, 0.5) is 0 Å². The fourth-order valence-corrected chi connectivity index (χ4v) is 4.20. The predicted octanol–water partition coefficient (Wildman–Crippen LogP) is 6.10. The van der Waals surface area contributed by atoms with Crippen LogP contribution in [0, 0.1) is 0 Å². The Bertz CT molecular complexity index is 1080. The molecule has 29 heavy (non-hydrogen) atoms. The summed E-state index contributed by atoms with van der Waals surface area (Å²) in [7, 11) is 0. The van der Waals surface area contributed by atoms with Gasteiger partial charge >= 0.3 is 0 Å². The van der Waals surface area contributed by atoms with Gasteiger partial charge in [-0.1, -0.05) is 48.5 Å². The Labute approximate surface area is 171 Å². The SMILES string of the molecule is c1ccc(COc2ccc3c(c2)cc(C2CCOCC2)n3-c2ccccc2)cc1. The van der Waals surface area contributed by atoms with E-state index in [-0.39, 0.29) is 0 Å². The molecule has 1 saturated heterocycles. The first-order valence-electron chi connectivity index (χ1n) is 10.3. The summed E-state index contributed by atoms with van der Waals surface area (Å²) in [6.07, 6.45) is 2.14. The maximum Gasteiger partial charge on any atom is 0.120 e. The van der Waals surface area contributed by atoms with Crippen LogP contribution in [0.15, 0.2) is 84.9 Å². The van der Waals surface area contributed by atoms with Crippen molar-refractivity contribution in [1.82, 2.24) is 4.57 Å². The van der Waals surface area contributed by atoms with Gasteiger partial charge in [0, 0.05) is 35.9 Å². The van der Waals surface area contributed by atoms with Gasteiger partial charge in [-0.3, -0.25) is 0 Å². The lowest BCUT2D eigenvalue weighted by molar-refractivity contribution is 0.0842. The van der Waals surface area contributed by atoms with E-state index in [4.69, 9.17) is 9.47 Å². The maximum atomic E-state index is 6.07. The molecule has 3 heteroatoms. The molecule has 0 amide bonds. The van der Waals surface area contributed by atoms with Crippen LogP contribution in [0.3, 0.4) is 0 Å². The number of aromatic nitrogens is 1. The molecule has 4 aromatic rings. The molecule has 0 spiro atoms. The largest absolute Gasteiger partial charge is 0.489 e. The fourth-order valence-electron chi connectivity index (χ4n) is 4.20. The molecule has 0 aliphatic carbocycles. The molecule has 1 fully saturated rings. The Morgan fingerprint density at radius 1 is 0.828 bits per heavy atom. The minimum absolute atomic E-state index is 0.519. The van der Waals surface area contributed by atoms with Crippen LogP contribution in [-0.4, -0.2) is 17.8 Å². The lowest BCUT2D eigenvalue weighted by Crippen LogP contribution is -2.16. The quantitative estimate of drug-likeness (QED) is 0.415. The monoisotopic (exact) mass is 383 g/mol. The van der Waals surface area contributed by atoms with E-state index in [0.717, 1.165) is 31.8 Å². The van der Waals surface area contributed by atoms with Crippen molar-refractivity contribution < 1.29 is 9.47 Å². The first-order valence-corrected chi connectivity index (χ1v) is 10.3. The van der Waals surface area contributed by atoms with Crippen molar-refractivity contribution in [2.24, 2.45) is 0 Å². The lowest BCUT2D eigenvalue weighted by Gasteiger charge is -2.24. The van der Waals surface area contributed by atoms with E-state index in [0.29, 0.717) is 12.5 Å². The Kier molecular flexibility index (Phi) is 5.06. The third kappa shape index (κ3) is 3.79. The highest BCUT2D eigenvalue weighted by Gasteiger charge is 2.22. The van der Waals surface area contributed by atoms with E-state index in [1.165, 1.54) is 27.8 Å². The number of hydrogen-bond acceptors (Lipinski definition) is 2. The van der Waals surface area contributed by atoms with E-state index in [9.17, 15) is 0 Å². The minimum Gasteiger partial charge on any atom is -0.489 e. The number of benzene rings is 3. The molecular formula is C26H25NO2. The van der Waals surface area contributed by atoms with E-state index in [2.05, 4.69) is 71.3 Å². The zero-order valence-corrected chi connectivity index (χ0v) is 16.5. The molecule has 0 N–H and O–H groups in total. The molecule has 146 valence electrons. The van der Waals surface area contributed by atoms with E-state index in [1.807, 2.05) is 18.2 Å². The number of ether oxygens (including phenoxy) is 2. The molecule has 5 rings (SSSR count). The molecule has 3 nitrogen and oxygen atoms in total. The van der Waals surface area contributed by atoms with Gasteiger partial charge in [0.2, 0.25) is 0 Å². The van der Waals surface area contributed by atoms with Crippen molar-refractivity contribution in [2.45, 2.75) is 25.4 Å². The molecular weight excluding hydrogens is 358 g/mol. The van der Waals surface area contributed by atoms with Crippen LogP contribution in [0.5, 0.6) is 5.75 Å². The smallest absolute Gasteiger partial charge is 0.120 e. The molecule has 1 aliphatic rings. The molecule has 1 aromatic heterocycles. The van der Waals surface area contributed by atoms with Gasteiger partial charge in [-0.25, -0.2) is 0 Å². The van der Waals surface area contributed by atoms with Crippen LogP contribution in [-0.2, 0) is 11.3 Å². The van der Waals surface area contributed by atoms with Crippen LogP contribution >= 0.6 is 0 Å². The summed E-state index contributed by atoms with van der Waals surface area (Å²) in [4.78, 5) is 0. The second kappa shape index (κ2) is 8.14. The van der Waals surface area contributed by atoms with Gasteiger partial charge in [0.05, 0.1) is 5.52 Å². The van der Waals surface area contributed by atoms with Crippen molar-refractivity contribution in [3.05, 3.63) is 96.2 Å². The van der Waals surface area contributed by atoms with Crippen LogP contribution < -0.4 is 4.74 Å². The summed E-state index contributed by atoms with van der Waals surface area (Å²) in [5.74, 6) is 1.43. The highest BCUT2D eigenvalue weighted by atomic mass is 16.5. The Hall–Kier alpha value is -3.04. The lowest BCUT2D eigenvalue weighted by atomic mass is 9.96. The van der Waals surface area contributed by atoms with Gasteiger partial charge in [-0.05, 0) is 54.8 Å². The number of hydrogen-bond donors (Lipinski definition) is 0. The normalized spacial score (nSPS) is 14.9. The second-order valence-corrected chi connectivity index (χ2v) is 7.62. The summed E-state index contributed by atoms with van der Waals surface area (Å²) in [5.41, 5.74) is 4.98. The minimum atomic E-state index is 0.519. The molecule has 3 aromatic carbocycles. The Morgan fingerprint density at radius 2 is 1.55 bits per heavy atom. The van der Waals surface area contributed by atoms with Gasteiger partial charge in [0.1, 0.15) is 12.4 Å². The zero-order valence-electron chi connectivity index (χ0n) is 16.5. The Morgan fingerprint density at radius 3 is 2.31 bits per heavy atom. The van der Waals surface area contributed by atoms with Crippen molar-refractivity contribution in [2.75, 3.05) is 13.2 Å². The highest BCUT2D eigenvalue weighted by Crippen LogP contribution is 2.35. The number of para-hydroxylation sites is 1. The molecule has 0 saturated carbocycles. The Balaban J connectivity index is 1.52. The standard InChI is InChI=1S/C26H25NO2/c1-3-7-20(8-4-1)19-29-24-11-12-25-22(17-24)18-26(21-13-15-28-16-14-21)27(25)23-9-5-2-6-10-23/h1-12,17-18,21H,13-16,19H2. The maximum absolute atomic E-state index is 6.07. The molecule has 2 heterocycles. The molecule has 1 aliphatic heterocycles. The van der Waals surface area contributed by atoms with Crippen molar-refractivity contribution >= 4 is 10.9 Å². The highest BCUT2D eigenvalue weighted by molar-refractivity contribution is 5.85. The zero-order chi connectivity index (χ0) is 19.5. The molecule has 0 unspecified atom stereocenters. The average molecular weight is 383 g/mol. The fraction of sp³-hybridized carbons (Fsp3) is 0.231. The first-order chi connectivity index (χ1) is 14.4. The summed E-state index contributed by atoms with van der Waals surface area (Å²) in [6, 6.07) is 29.7. The van der Waals surface area contributed by atoms with Gasteiger partial charge in [0.25, 0.3) is 0 Å². The summed E-state index contributed by atoms with van der Waals surface area (Å²) in [6.45, 7) is 2.26. The van der Waals surface area contributed by atoms with E-state index >= 15 is 0 Å². The molecule has 0 bridgehead atoms. The number of rotatable bonds is 5. The predicted molar refractivity (Wildman–Crippen MR) is 117 cm³/mol. The van der Waals surface area contributed by atoms with E-state index < -0.39 is 0 Å². The summed E-state index contributed by atoms with van der Waals surface area (Å²) >= 11 is 0. The molecule has 0 atom stereocenters. The van der Waals surface area contributed by atoms with Gasteiger partial charge < -0.3 is 14.0 Å². The molecule has 0 radical (unpaired) electrons. The van der Waals surface area contributed by atoms with Crippen LogP contribution in [0.1, 0.15) is 30.0 Å². The third-order valence-electron chi connectivity index (χ3n) is 5.70. The van der Waals surface area contributed by atoms with Crippen LogP contribution in [0.25, 0.3) is 16.6 Å². The number of fused-ring (bicyclic) bond motifs is 1. The first kappa shape index (κ1) is 18.0. The third-order valence-corrected chi connectivity index (χ3v) is 5.70. The average Bonchev–Trinajstić information content (AvgIpc) is 3.18. The van der Waals surface area contributed by atoms with Crippen molar-refractivity contribution in [3.8, 4) is 11.4 Å².